The van der Waals surface area contributed by atoms with Crippen LogP contribution in [0.5, 0.6) is 0 Å². The molecule has 0 fully saturated rings. The molecule has 4 nitrogen and oxygen atoms in total. The molecule has 0 spiro atoms. The molecule has 0 heterocycles. The monoisotopic (exact) mass is 290 g/mol. The fourth-order valence-corrected chi connectivity index (χ4v) is 2.18. The van der Waals surface area contributed by atoms with E-state index < -0.39 is 11.9 Å². The van der Waals surface area contributed by atoms with Crippen LogP contribution in [0.1, 0.15) is 26.3 Å². The van der Waals surface area contributed by atoms with Gasteiger partial charge in [0.1, 0.15) is 0 Å². The van der Waals surface area contributed by atoms with Crippen LogP contribution in [0, 0.1) is 6.92 Å². The summed E-state index contributed by atoms with van der Waals surface area (Å²) in [4.78, 5) is 22.7. The first-order chi connectivity index (χ1) is 9.40. The second-order valence-electron chi connectivity index (χ2n) is 4.35. The third-order valence-corrected chi connectivity index (χ3v) is 3.13. The van der Waals surface area contributed by atoms with Gasteiger partial charge in [-0.25, -0.2) is 9.59 Å². The Labute approximate surface area is 120 Å². The minimum absolute atomic E-state index is 0.0373. The largest absolute Gasteiger partial charge is 0.478 e. The van der Waals surface area contributed by atoms with E-state index in [-0.39, 0.29) is 16.7 Å². The van der Waals surface area contributed by atoms with Crippen molar-refractivity contribution >= 4 is 23.5 Å². The second-order valence-corrected chi connectivity index (χ2v) is 4.79. The van der Waals surface area contributed by atoms with E-state index in [1.807, 2.05) is 0 Å². The van der Waals surface area contributed by atoms with Gasteiger partial charge >= 0.3 is 11.9 Å². The maximum absolute atomic E-state index is 11.4. The molecule has 0 unspecified atom stereocenters. The van der Waals surface area contributed by atoms with Gasteiger partial charge in [0.25, 0.3) is 0 Å². The Kier molecular flexibility index (Phi) is 3.77. The number of carboxylic acid groups (broad SMARTS) is 2. The van der Waals surface area contributed by atoms with Gasteiger partial charge in [-0.15, -0.1) is 0 Å². The summed E-state index contributed by atoms with van der Waals surface area (Å²) in [5.41, 5.74) is 1.20. The summed E-state index contributed by atoms with van der Waals surface area (Å²) in [7, 11) is 0. The van der Waals surface area contributed by atoms with E-state index in [0.717, 1.165) is 0 Å². The summed E-state index contributed by atoms with van der Waals surface area (Å²) in [6.07, 6.45) is 0. The SMILES string of the molecule is Cc1cc(C(=O)O)c(-c2ccc(Cl)cc2)c(C(=O)O)c1. The van der Waals surface area contributed by atoms with Crippen LogP contribution >= 0.6 is 11.6 Å². The number of benzene rings is 2. The number of halogens is 1. The zero-order chi connectivity index (χ0) is 14.9. The number of carboxylic acids is 2. The highest BCUT2D eigenvalue weighted by atomic mass is 35.5. The zero-order valence-electron chi connectivity index (χ0n) is 10.6. The summed E-state index contributed by atoms with van der Waals surface area (Å²) < 4.78 is 0. The Morgan fingerprint density at radius 1 is 0.950 bits per heavy atom. The van der Waals surface area contributed by atoms with E-state index in [9.17, 15) is 19.8 Å². The van der Waals surface area contributed by atoms with Crippen molar-refractivity contribution in [3.8, 4) is 11.1 Å². The summed E-state index contributed by atoms with van der Waals surface area (Å²) in [5, 5.41) is 19.1. The summed E-state index contributed by atoms with van der Waals surface area (Å²) in [6, 6.07) is 9.30. The van der Waals surface area contributed by atoms with Crippen molar-refractivity contribution in [3.63, 3.8) is 0 Å². The molecule has 2 N–H and O–H groups in total. The Morgan fingerprint density at radius 2 is 1.40 bits per heavy atom. The number of hydrogen-bond donors (Lipinski definition) is 2. The predicted molar refractivity (Wildman–Crippen MR) is 75.5 cm³/mol. The highest BCUT2D eigenvalue weighted by Gasteiger charge is 2.20. The van der Waals surface area contributed by atoms with Crippen molar-refractivity contribution < 1.29 is 19.8 Å². The molecule has 0 aromatic heterocycles. The lowest BCUT2D eigenvalue weighted by Gasteiger charge is -2.12. The van der Waals surface area contributed by atoms with Crippen molar-refractivity contribution in [2.75, 3.05) is 0 Å². The van der Waals surface area contributed by atoms with Crippen molar-refractivity contribution in [1.82, 2.24) is 0 Å². The molecule has 0 saturated carbocycles. The van der Waals surface area contributed by atoms with Gasteiger partial charge in [0.2, 0.25) is 0 Å². The van der Waals surface area contributed by atoms with Gasteiger partial charge in [0.05, 0.1) is 11.1 Å². The summed E-state index contributed by atoms with van der Waals surface area (Å²) in [5.74, 6) is -2.33. The van der Waals surface area contributed by atoms with Gasteiger partial charge in [-0.2, -0.15) is 0 Å². The quantitative estimate of drug-likeness (QED) is 0.903. The number of aromatic carboxylic acids is 2. The number of aryl methyl sites for hydroxylation is 1. The van der Waals surface area contributed by atoms with E-state index in [1.54, 1.807) is 31.2 Å². The van der Waals surface area contributed by atoms with Crippen LogP contribution in [-0.2, 0) is 0 Å². The normalized spacial score (nSPS) is 10.3. The second kappa shape index (κ2) is 5.35. The Balaban J connectivity index is 2.80. The molecule has 0 aliphatic carbocycles. The van der Waals surface area contributed by atoms with E-state index in [0.29, 0.717) is 16.1 Å². The van der Waals surface area contributed by atoms with E-state index in [2.05, 4.69) is 0 Å². The topological polar surface area (TPSA) is 74.6 Å². The Bertz CT molecular complexity index is 655. The van der Waals surface area contributed by atoms with Gasteiger partial charge < -0.3 is 10.2 Å². The van der Waals surface area contributed by atoms with E-state index in [1.165, 1.54) is 12.1 Å². The standard InChI is InChI=1S/C15H11ClO4/c1-8-6-11(14(17)18)13(12(7-8)15(19)20)9-2-4-10(16)5-3-9/h2-7H,1H3,(H,17,18)(H,19,20). The van der Waals surface area contributed by atoms with Crippen LogP contribution in [0.2, 0.25) is 5.02 Å². The highest BCUT2D eigenvalue weighted by molar-refractivity contribution is 6.30. The lowest BCUT2D eigenvalue weighted by atomic mass is 9.92. The van der Waals surface area contributed by atoms with Crippen LogP contribution < -0.4 is 0 Å². The Hall–Kier alpha value is -2.33. The average molecular weight is 291 g/mol. The molecule has 5 heteroatoms. The molecule has 0 aliphatic rings. The number of rotatable bonds is 3. The molecular formula is C15H11ClO4. The molecule has 0 bridgehead atoms. The average Bonchev–Trinajstić information content (AvgIpc) is 2.38. The molecule has 2 rings (SSSR count). The lowest BCUT2D eigenvalue weighted by molar-refractivity contribution is 0.0696. The molecule has 0 aliphatic heterocycles. The smallest absolute Gasteiger partial charge is 0.336 e. The lowest BCUT2D eigenvalue weighted by Crippen LogP contribution is -2.08. The first-order valence-corrected chi connectivity index (χ1v) is 6.15. The minimum Gasteiger partial charge on any atom is -0.478 e. The molecule has 20 heavy (non-hydrogen) atoms. The van der Waals surface area contributed by atoms with Gasteiger partial charge in [-0.3, -0.25) is 0 Å². The van der Waals surface area contributed by atoms with Crippen molar-refractivity contribution in [1.29, 1.82) is 0 Å². The number of hydrogen-bond acceptors (Lipinski definition) is 2. The molecule has 0 amide bonds. The molecule has 2 aromatic carbocycles. The van der Waals surface area contributed by atoms with Gasteiger partial charge in [-0.1, -0.05) is 23.7 Å². The summed E-state index contributed by atoms with van der Waals surface area (Å²) >= 11 is 5.80. The van der Waals surface area contributed by atoms with Crippen LogP contribution in [0.15, 0.2) is 36.4 Å². The van der Waals surface area contributed by atoms with Crippen LogP contribution in [0.3, 0.4) is 0 Å². The first-order valence-electron chi connectivity index (χ1n) is 5.77. The van der Waals surface area contributed by atoms with Crippen molar-refractivity contribution in [3.05, 3.63) is 58.1 Å². The van der Waals surface area contributed by atoms with Crippen LogP contribution in [-0.4, -0.2) is 22.2 Å². The van der Waals surface area contributed by atoms with Crippen molar-refractivity contribution in [2.24, 2.45) is 0 Å². The fraction of sp³-hybridized carbons (Fsp3) is 0.0667. The predicted octanol–water partition coefficient (Wildman–Crippen LogP) is 3.71. The van der Waals surface area contributed by atoms with E-state index >= 15 is 0 Å². The number of carbonyl (C=O) groups is 2. The van der Waals surface area contributed by atoms with Crippen LogP contribution in [0.25, 0.3) is 11.1 Å². The van der Waals surface area contributed by atoms with Crippen molar-refractivity contribution in [2.45, 2.75) is 6.92 Å². The third kappa shape index (κ3) is 2.65. The highest BCUT2D eigenvalue weighted by Crippen LogP contribution is 2.30. The maximum atomic E-state index is 11.4. The minimum atomic E-state index is -1.17. The van der Waals surface area contributed by atoms with Crippen LogP contribution in [0.4, 0.5) is 0 Å². The van der Waals surface area contributed by atoms with E-state index in [4.69, 9.17) is 11.6 Å². The third-order valence-electron chi connectivity index (χ3n) is 2.88. The molecule has 0 atom stereocenters. The Morgan fingerprint density at radius 3 is 1.80 bits per heavy atom. The first kappa shape index (κ1) is 14.1. The molecule has 2 aromatic rings. The van der Waals surface area contributed by atoms with Gasteiger partial charge in [0, 0.05) is 10.6 Å². The zero-order valence-corrected chi connectivity index (χ0v) is 11.3. The maximum Gasteiger partial charge on any atom is 0.336 e. The van der Waals surface area contributed by atoms with Gasteiger partial charge in [0.15, 0.2) is 0 Å². The molecule has 0 radical (unpaired) electrons. The molecule has 102 valence electrons. The summed E-state index contributed by atoms with van der Waals surface area (Å²) in [6.45, 7) is 1.66. The molecule has 0 saturated heterocycles. The molecular weight excluding hydrogens is 280 g/mol. The fourth-order valence-electron chi connectivity index (χ4n) is 2.05. The van der Waals surface area contributed by atoms with Gasteiger partial charge in [-0.05, 0) is 42.3 Å².